The first-order valence-corrected chi connectivity index (χ1v) is 6.78. The van der Waals surface area contributed by atoms with Crippen molar-refractivity contribution in [2.75, 3.05) is 33.2 Å². The Bertz CT molecular complexity index is 475. The summed E-state index contributed by atoms with van der Waals surface area (Å²) in [5, 5.41) is 0.271. The monoisotopic (exact) mass is 334 g/mol. The van der Waals surface area contributed by atoms with Crippen LogP contribution < -0.4 is 0 Å². The second-order valence-corrected chi connectivity index (χ2v) is 5.60. The number of hydrogen-bond acceptors (Lipinski definition) is 2. The molecule has 1 aliphatic heterocycles. The maximum Gasteiger partial charge on any atom is 0.255 e. The third-order valence-electron chi connectivity index (χ3n) is 3.03. The van der Waals surface area contributed by atoms with E-state index in [0.29, 0.717) is 13.1 Å². The van der Waals surface area contributed by atoms with Gasteiger partial charge in [0.1, 0.15) is 5.82 Å². The van der Waals surface area contributed by atoms with Gasteiger partial charge in [-0.3, -0.25) is 4.79 Å². The zero-order chi connectivity index (χ0) is 13.3. The van der Waals surface area contributed by atoms with Crippen LogP contribution in [0.2, 0.25) is 5.02 Å². The molecule has 0 saturated carbocycles. The average Bonchev–Trinajstić information content (AvgIpc) is 2.34. The van der Waals surface area contributed by atoms with Crippen molar-refractivity contribution in [3.63, 3.8) is 0 Å². The first-order chi connectivity index (χ1) is 8.49. The van der Waals surface area contributed by atoms with Gasteiger partial charge < -0.3 is 9.80 Å². The van der Waals surface area contributed by atoms with Crippen molar-refractivity contribution in [1.29, 1.82) is 0 Å². The minimum atomic E-state index is -0.475. The van der Waals surface area contributed by atoms with Gasteiger partial charge in [0.25, 0.3) is 5.91 Å². The lowest BCUT2D eigenvalue weighted by molar-refractivity contribution is 0.0664. The van der Waals surface area contributed by atoms with E-state index in [9.17, 15) is 9.18 Å². The van der Waals surface area contributed by atoms with E-state index in [1.54, 1.807) is 4.90 Å². The first kappa shape index (κ1) is 13.8. The molecule has 1 aromatic carbocycles. The molecule has 18 heavy (non-hydrogen) atoms. The highest BCUT2D eigenvalue weighted by Gasteiger charge is 2.23. The van der Waals surface area contributed by atoms with Crippen LogP contribution in [0, 0.1) is 5.82 Å². The first-order valence-electron chi connectivity index (χ1n) is 5.61. The van der Waals surface area contributed by atoms with Crippen molar-refractivity contribution < 1.29 is 9.18 Å². The molecule has 1 aromatic rings. The van der Waals surface area contributed by atoms with Crippen molar-refractivity contribution >= 4 is 33.4 Å². The van der Waals surface area contributed by atoms with Crippen molar-refractivity contribution in [2.45, 2.75) is 0 Å². The van der Waals surface area contributed by atoms with Crippen LogP contribution in [0.15, 0.2) is 16.6 Å². The summed E-state index contributed by atoms with van der Waals surface area (Å²) in [7, 11) is 2.01. The van der Waals surface area contributed by atoms with Gasteiger partial charge in [0.2, 0.25) is 0 Å². The number of hydrogen-bond donors (Lipinski definition) is 0. The van der Waals surface area contributed by atoms with Crippen molar-refractivity contribution in [3.8, 4) is 0 Å². The van der Waals surface area contributed by atoms with Crippen LogP contribution in [0.1, 0.15) is 10.4 Å². The molecule has 1 saturated heterocycles. The summed E-state index contributed by atoms with van der Waals surface area (Å²) < 4.78 is 13.7. The Morgan fingerprint density at radius 2 is 1.94 bits per heavy atom. The van der Waals surface area contributed by atoms with E-state index in [-0.39, 0.29) is 21.0 Å². The normalized spacial score (nSPS) is 17.0. The molecule has 0 aliphatic carbocycles. The molecule has 0 aromatic heterocycles. The highest BCUT2D eigenvalue weighted by Crippen LogP contribution is 2.26. The minimum absolute atomic E-state index is 0.209. The maximum atomic E-state index is 13.5. The highest BCUT2D eigenvalue weighted by molar-refractivity contribution is 9.10. The molecule has 0 radical (unpaired) electrons. The average molecular weight is 336 g/mol. The SMILES string of the molecule is CN1CCN(C(=O)c2cc(F)c(Br)cc2Cl)CC1. The number of rotatable bonds is 1. The predicted molar refractivity (Wildman–Crippen MR) is 72.5 cm³/mol. The Kier molecular flexibility index (Phi) is 4.25. The third kappa shape index (κ3) is 2.84. The molecular formula is C12H13BrClFN2O. The summed E-state index contributed by atoms with van der Waals surface area (Å²) in [5.74, 6) is -0.684. The molecule has 1 fully saturated rings. The van der Waals surface area contributed by atoms with E-state index in [0.717, 1.165) is 13.1 Å². The Balaban J connectivity index is 2.21. The molecule has 1 aliphatic rings. The summed E-state index contributed by atoms with van der Waals surface area (Å²) in [5.41, 5.74) is 0.224. The lowest BCUT2D eigenvalue weighted by Crippen LogP contribution is -2.47. The van der Waals surface area contributed by atoms with E-state index in [1.807, 2.05) is 7.05 Å². The Morgan fingerprint density at radius 3 is 2.56 bits per heavy atom. The number of carbonyl (C=O) groups excluding carboxylic acids is 1. The molecule has 6 heteroatoms. The van der Waals surface area contributed by atoms with E-state index < -0.39 is 5.82 Å². The molecule has 1 amide bonds. The van der Waals surface area contributed by atoms with Crippen LogP contribution in [0.4, 0.5) is 4.39 Å². The van der Waals surface area contributed by atoms with Gasteiger partial charge >= 0.3 is 0 Å². The lowest BCUT2D eigenvalue weighted by Gasteiger charge is -2.32. The molecule has 2 rings (SSSR count). The Morgan fingerprint density at radius 1 is 1.33 bits per heavy atom. The maximum absolute atomic E-state index is 13.5. The predicted octanol–water partition coefficient (Wildman–Crippen LogP) is 2.63. The Labute approximate surface area is 119 Å². The fourth-order valence-corrected chi connectivity index (χ4v) is 2.59. The van der Waals surface area contributed by atoms with Gasteiger partial charge in [-0.25, -0.2) is 4.39 Å². The topological polar surface area (TPSA) is 23.6 Å². The van der Waals surface area contributed by atoms with E-state index in [4.69, 9.17) is 11.6 Å². The van der Waals surface area contributed by atoms with E-state index in [1.165, 1.54) is 12.1 Å². The Hall–Kier alpha value is -0.650. The van der Waals surface area contributed by atoms with E-state index >= 15 is 0 Å². The van der Waals surface area contributed by atoms with Crippen molar-refractivity contribution in [1.82, 2.24) is 9.80 Å². The van der Waals surface area contributed by atoms with Crippen molar-refractivity contribution in [2.24, 2.45) is 0 Å². The number of piperazine rings is 1. The van der Waals surface area contributed by atoms with Crippen LogP contribution in [0.25, 0.3) is 0 Å². The molecule has 0 atom stereocenters. The summed E-state index contributed by atoms with van der Waals surface area (Å²) in [6.07, 6.45) is 0. The number of halogens is 3. The van der Waals surface area contributed by atoms with Gasteiger partial charge in [0, 0.05) is 26.2 Å². The summed E-state index contributed by atoms with van der Waals surface area (Å²) >= 11 is 9.03. The number of carbonyl (C=O) groups is 1. The molecule has 0 unspecified atom stereocenters. The lowest BCUT2D eigenvalue weighted by atomic mass is 10.1. The molecule has 98 valence electrons. The zero-order valence-corrected chi connectivity index (χ0v) is 12.3. The second-order valence-electron chi connectivity index (χ2n) is 4.34. The van der Waals surface area contributed by atoms with Gasteiger partial charge in [-0.1, -0.05) is 11.6 Å². The van der Waals surface area contributed by atoms with Crippen LogP contribution in [-0.4, -0.2) is 48.9 Å². The van der Waals surface area contributed by atoms with E-state index in [2.05, 4.69) is 20.8 Å². The molecular weight excluding hydrogens is 322 g/mol. The highest BCUT2D eigenvalue weighted by atomic mass is 79.9. The number of amides is 1. The van der Waals surface area contributed by atoms with Gasteiger partial charge in [-0.05, 0) is 35.1 Å². The van der Waals surface area contributed by atoms with Crippen LogP contribution >= 0.6 is 27.5 Å². The molecule has 1 heterocycles. The minimum Gasteiger partial charge on any atom is -0.336 e. The largest absolute Gasteiger partial charge is 0.336 e. The van der Waals surface area contributed by atoms with Crippen LogP contribution in [0.3, 0.4) is 0 Å². The number of nitrogens with zero attached hydrogens (tertiary/aromatic N) is 2. The van der Waals surface area contributed by atoms with Gasteiger partial charge in [-0.2, -0.15) is 0 Å². The molecule has 0 spiro atoms. The van der Waals surface area contributed by atoms with Crippen molar-refractivity contribution in [3.05, 3.63) is 33.0 Å². The smallest absolute Gasteiger partial charge is 0.255 e. The molecule has 3 nitrogen and oxygen atoms in total. The van der Waals surface area contributed by atoms with Crippen LogP contribution in [-0.2, 0) is 0 Å². The summed E-state index contributed by atoms with van der Waals surface area (Å²) in [6, 6.07) is 2.60. The fraction of sp³-hybridized carbons (Fsp3) is 0.417. The standard InChI is InChI=1S/C12H13BrClFN2O/c1-16-2-4-17(5-3-16)12(18)8-6-11(15)9(13)7-10(8)14/h6-7H,2-5H2,1H3. The van der Waals surface area contributed by atoms with Gasteiger partial charge in [-0.15, -0.1) is 0 Å². The summed E-state index contributed by atoms with van der Waals surface area (Å²) in [4.78, 5) is 16.1. The number of likely N-dealkylation sites (N-methyl/N-ethyl adjacent to an activating group) is 1. The van der Waals surface area contributed by atoms with Crippen LogP contribution in [0.5, 0.6) is 0 Å². The van der Waals surface area contributed by atoms with Gasteiger partial charge in [0.15, 0.2) is 0 Å². The molecule has 0 N–H and O–H groups in total. The zero-order valence-electron chi connectivity index (χ0n) is 9.92. The second kappa shape index (κ2) is 5.55. The molecule has 0 bridgehead atoms. The quantitative estimate of drug-likeness (QED) is 0.737. The van der Waals surface area contributed by atoms with Gasteiger partial charge in [0.05, 0.1) is 15.1 Å². The number of benzene rings is 1. The fourth-order valence-electron chi connectivity index (χ4n) is 1.87. The summed E-state index contributed by atoms with van der Waals surface area (Å²) in [6.45, 7) is 2.93. The third-order valence-corrected chi connectivity index (χ3v) is 3.95.